The average molecular weight is 279 g/mol. The summed E-state index contributed by atoms with van der Waals surface area (Å²) in [5.41, 5.74) is -1.05. The summed E-state index contributed by atoms with van der Waals surface area (Å²) in [6, 6.07) is 3.76. The maximum atomic E-state index is 13.1. The number of carbonyl (C=O) groups is 1. The molecule has 0 aliphatic carbocycles. The first-order valence-electron chi connectivity index (χ1n) is 5.34. The van der Waals surface area contributed by atoms with Crippen molar-refractivity contribution in [3.05, 3.63) is 64.0 Å². The summed E-state index contributed by atoms with van der Waals surface area (Å²) >= 11 is 0. The Morgan fingerprint density at radius 2 is 1.80 bits per heavy atom. The zero-order valence-electron chi connectivity index (χ0n) is 9.84. The number of carbonyl (C=O) groups excluding carboxylic acids is 1. The van der Waals surface area contributed by atoms with Gasteiger partial charge in [-0.15, -0.1) is 0 Å². The van der Waals surface area contributed by atoms with Crippen molar-refractivity contribution in [2.75, 3.05) is 5.32 Å². The van der Waals surface area contributed by atoms with Gasteiger partial charge in [0.15, 0.2) is 11.6 Å². The van der Waals surface area contributed by atoms with Crippen LogP contribution in [-0.4, -0.2) is 15.8 Å². The van der Waals surface area contributed by atoms with Gasteiger partial charge in [-0.2, -0.15) is 0 Å². The molecule has 1 N–H and O–H groups in total. The van der Waals surface area contributed by atoms with Crippen molar-refractivity contribution >= 4 is 17.3 Å². The van der Waals surface area contributed by atoms with Crippen molar-refractivity contribution in [1.29, 1.82) is 0 Å². The summed E-state index contributed by atoms with van der Waals surface area (Å²) in [4.78, 5) is 25.4. The first kappa shape index (κ1) is 13.5. The molecule has 0 radical (unpaired) electrons. The van der Waals surface area contributed by atoms with Crippen LogP contribution in [0.4, 0.5) is 20.2 Å². The third kappa shape index (κ3) is 2.74. The highest BCUT2D eigenvalue weighted by Gasteiger charge is 2.23. The van der Waals surface area contributed by atoms with Gasteiger partial charge < -0.3 is 5.32 Å². The predicted octanol–water partition coefficient (Wildman–Crippen LogP) is 2.52. The minimum atomic E-state index is -1.39. The highest BCUT2D eigenvalue weighted by molar-refractivity contribution is 6.07. The number of nitro benzene ring substituents is 1. The Balaban J connectivity index is 2.39. The monoisotopic (exact) mass is 279 g/mol. The molecule has 1 aromatic carbocycles. The quantitative estimate of drug-likeness (QED) is 0.691. The van der Waals surface area contributed by atoms with E-state index in [2.05, 4.69) is 10.3 Å². The average Bonchev–Trinajstić information content (AvgIpc) is 2.42. The van der Waals surface area contributed by atoms with Crippen molar-refractivity contribution in [2.45, 2.75) is 0 Å². The maximum Gasteiger partial charge on any atom is 0.285 e. The lowest BCUT2D eigenvalue weighted by molar-refractivity contribution is -0.385. The molecule has 6 nitrogen and oxygen atoms in total. The number of rotatable bonds is 3. The van der Waals surface area contributed by atoms with E-state index < -0.39 is 33.7 Å². The van der Waals surface area contributed by atoms with E-state index in [9.17, 15) is 23.7 Å². The van der Waals surface area contributed by atoms with Crippen molar-refractivity contribution in [1.82, 2.24) is 4.98 Å². The topological polar surface area (TPSA) is 85.1 Å². The second-order valence-electron chi connectivity index (χ2n) is 3.73. The number of hydrogen-bond donors (Lipinski definition) is 1. The van der Waals surface area contributed by atoms with Crippen LogP contribution in [0.2, 0.25) is 0 Å². The van der Waals surface area contributed by atoms with Gasteiger partial charge in [0, 0.05) is 18.1 Å². The summed E-state index contributed by atoms with van der Waals surface area (Å²) in [7, 11) is 0. The lowest BCUT2D eigenvalue weighted by Gasteiger charge is -2.06. The Morgan fingerprint density at radius 1 is 1.20 bits per heavy atom. The molecule has 0 bridgehead atoms. The molecule has 2 aromatic rings. The number of aromatic nitrogens is 1. The molecule has 0 spiro atoms. The van der Waals surface area contributed by atoms with E-state index in [-0.39, 0.29) is 0 Å². The van der Waals surface area contributed by atoms with Crippen LogP contribution >= 0.6 is 0 Å². The van der Waals surface area contributed by atoms with Crippen LogP contribution in [0, 0.1) is 21.7 Å². The van der Waals surface area contributed by atoms with Gasteiger partial charge in [-0.25, -0.2) is 8.78 Å². The summed E-state index contributed by atoms with van der Waals surface area (Å²) < 4.78 is 26.1. The van der Waals surface area contributed by atoms with Crippen LogP contribution in [0.1, 0.15) is 10.4 Å². The van der Waals surface area contributed by atoms with E-state index in [1.165, 1.54) is 24.5 Å². The molecule has 102 valence electrons. The van der Waals surface area contributed by atoms with Crippen LogP contribution in [0.5, 0.6) is 0 Å². The molecular weight excluding hydrogens is 272 g/mol. The van der Waals surface area contributed by atoms with E-state index in [0.29, 0.717) is 17.8 Å². The number of amides is 1. The van der Waals surface area contributed by atoms with Crippen molar-refractivity contribution in [3.63, 3.8) is 0 Å². The Morgan fingerprint density at radius 3 is 2.40 bits per heavy atom. The molecule has 1 aromatic heterocycles. The molecule has 20 heavy (non-hydrogen) atoms. The molecule has 0 aliphatic rings. The van der Waals surface area contributed by atoms with Gasteiger partial charge >= 0.3 is 0 Å². The summed E-state index contributed by atoms with van der Waals surface area (Å²) in [5, 5.41) is 13.1. The van der Waals surface area contributed by atoms with Crippen LogP contribution in [0.3, 0.4) is 0 Å². The zero-order chi connectivity index (χ0) is 14.7. The smallest absolute Gasteiger partial charge is 0.285 e. The molecule has 2 rings (SSSR count). The van der Waals surface area contributed by atoms with Crippen molar-refractivity contribution < 1.29 is 18.5 Å². The molecule has 0 atom stereocenters. The predicted molar refractivity (Wildman–Crippen MR) is 65.2 cm³/mol. The van der Waals surface area contributed by atoms with Crippen molar-refractivity contribution in [3.8, 4) is 0 Å². The second kappa shape index (κ2) is 5.39. The Kier molecular flexibility index (Phi) is 3.65. The molecule has 0 fully saturated rings. The van der Waals surface area contributed by atoms with Gasteiger partial charge in [0.25, 0.3) is 11.6 Å². The van der Waals surface area contributed by atoms with E-state index in [4.69, 9.17) is 0 Å². The SMILES string of the molecule is O=C(Nc1ccncc1)c1cc(F)c(F)cc1[N+](=O)[O-]. The van der Waals surface area contributed by atoms with Crippen LogP contribution in [0.25, 0.3) is 0 Å². The van der Waals surface area contributed by atoms with Crippen LogP contribution < -0.4 is 5.32 Å². The van der Waals surface area contributed by atoms with Crippen LogP contribution in [-0.2, 0) is 0 Å². The molecule has 8 heteroatoms. The number of halogens is 2. The Bertz CT molecular complexity index is 677. The minimum Gasteiger partial charge on any atom is -0.322 e. The largest absolute Gasteiger partial charge is 0.322 e. The molecular formula is C12H7F2N3O3. The maximum absolute atomic E-state index is 13.1. The summed E-state index contributed by atoms with van der Waals surface area (Å²) in [6.45, 7) is 0. The zero-order valence-corrected chi connectivity index (χ0v) is 9.84. The number of nitrogens with one attached hydrogen (secondary N) is 1. The number of pyridine rings is 1. The van der Waals surface area contributed by atoms with E-state index >= 15 is 0 Å². The molecule has 0 saturated carbocycles. The highest BCUT2D eigenvalue weighted by atomic mass is 19.2. The molecule has 0 aliphatic heterocycles. The summed E-state index contributed by atoms with van der Waals surface area (Å²) in [5.74, 6) is -3.64. The third-order valence-electron chi connectivity index (χ3n) is 2.42. The Labute approximate surface area is 111 Å². The van der Waals surface area contributed by atoms with Gasteiger partial charge in [-0.05, 0) is 18.2 Å². The lowest BCUT2D eigenvalue weighted by Crippen LogP contribution is -2.14. The fourth-order valence-electron chi connectivity index (χ4n) is 1.50. The number of nitrogens with zero attached hydrogens (tertiary/aromatic N) is 2. The third-order valence-corrected chi connectivity index (χ3v) is 2.42. The first-order chi connectivity index (χ1) is 9.49. The lowest BCUT2D eigenvalue weighted by atomic mass is 10.1. The normalized spacial score (nSPS) is 10.1. The van der Waals surface area contributed by atoms with Crippen molar-refractivity contribution in [2.24, 2.45) is 0 Å². The van der Waals surface area contributed by atoms with E-state index in [1.807, 2.05) is 0 Å². The summed E-state index contributed by atoms with van der Waals surface area (Å²) in [6.07, 6.45) is 2.80. The molecule has 1 heterocycles. The van der Waals surface area contributed by atoms with E-state index in [1.54, 1.807) is 0 Å². The minimum absolute atomic E-state index is 0.323. The van der Waals surface area contributed by atoms with Gasteiger partial charge in [-0.1, -0.05) is 0 Å². The number of hydrogen-bond acceptors (Lipinski definition) is 4. The van der Waals surface area contributed by atoms with E-state index in [0.717, 1.165) is 0 Å². The van der Waals surface area contributed by atoms with Gasteiger partial charge in [0.1, 0.15) is 5.56 Å². The Hall–Kier alpha value is -2.90. The number of benzene rings is 1. The number of anilines is 1. The number of nitro groups is 1. The fraction of sp³-hybridized carbons (Fsp3) is 0. The van der Waals surface area contributed by atoms with Gasteiger partial charge in [0.2, 0.25) is 0 Å². The highest BCUT2D eigenvalue weighted by Crippen LogP contribution is 2.23. The van der Waals surface area contributed by atoms with Gasteiger partial charge in [-0.3, -0.25) is 19.9 Å². The second-order valence-corrected chi connectivity index (χ2v) is 3.73. The first-order valence-corrected chi connectivity index (χ1v) is 5.34. The molecule has 1 amide bonds. The standard InChI is InChI=1S/C12H7F2N3O3/c13-9-5-8(11(17(19)20)6-10(9)14)12(18)16-7-1-3-15-4-2-7/h1-6H,(H,15,16,18). The molecule has 0 saturated heterocycles. The van der Waals surface area contributed by atoms with Crippen LogP contribution in [0.15, 0.2) is 36.7 Å². The van der Waals surface area contributed by atoms with Gasteiger partial charge in [0.05, 0.1) is 11.0 Å². The molecule has 0 unspecified atom stereocenters. The fourth-order valence-corrected chi connectivity index (χ4v) is 1.50.